The smallest absolute Gasteiger partial charge is 0.150 e. The molecule has 4 aromatic rings. The van der Waals surface area contributed by atoms with Crippen molar-refractivity contribution in [2.75, 3.05) is 7.11 Å². The second-order valence-electron chi connectivity index (χ2n) is 6.30. The highest BCUT2D eigenvalue weighted by atomic mass is 32.1. The molecule has 0 saturated heterocycles. The van der Waals surface area contributed by atoms with Gasteiger partial charge in [0.15, 0.2) is 0 Å². The lowest BCUT2D eigenvalue weighted by atomic mass is 10.1. The number of fused-ring (bicyclic) bond motifs is 2. The average Bonchev–Trinajstić information content (AvgIpc) is 3.05. The summed E-state index contributed by atoms with van der Waals surface area (Å²) in [5, 5.41) is 0.883. The van der Waals surface area contributed by atoms with Crippen molar-refractivity contribution < 1.29 is 9.53 Å². The first-order valence-corrected chi connectivity index (χ1v) is 9.02. The van der Waals surface area contributed by atoms with E-state index in [1.54, 1.807) is 24.6 Å². The van der Waals surface area contributed by atoms with Crippen LogP contribution in [0.2, 0.25) is 0 Å². The van der Waals surface area contributed by atoms with E-state index >= 15 is 0 Å². The van der Waals surface area contributed by atoms with E-state index in [1.165, 1.54) is 0 Å². The van der Waals surface area contributed by atoms with Crippen LogP contribution in [0, 0.1) is 13.8 Å². The maximum Gasteiger partial charge on any atom is 0.150 e. The topological polar surface area (TPSA) is 65.0 Å². The highest BCUT2D eigenvalue weighted by molar-refractivity contribution is 7.21. The molecule has 0 atom stereocenters. The molecule has 0 saturated carbocycles. The van der Waals surface area contributed by atoms with Crippen molar-refractivity contribution in [3.05, 3.63) is 52.8 Å². The van der Waals surface area contributed by atoms with Crippen LogP contribution in [0.3, 0.4) is 0 Å². The number of thiazole rings is 1. The molecule has 0 aliphatic rings. The molecule has 4 rings (SSSR count). The van der Waals surface area contributed by atoms with Gasteiger partial charge in [-0.2, -0.15) is 0 Å². The zero-order chi connectivity index (χ0) is 18.3. The van der Waals surface area contributed by atoms with Crippen LogP contribution < -0.4 is 0 Å². The van der Waals surface area contributed by atoms with Crippen LogP contribution in [-0.2, 0) is 11.3 Å². The maximum atomic E-state index is 11.1. The molecule has 0 amide bonds. The first-order chi connectivity index (χ1) is 12.6. The normalized spacial score (nSPS) is 11.3. The number of aldehydes is 1. The number of hydrogen-bond donors (Lipinski definition) is 0. The summed E-state index contributed by atoms with van der Waals surface area (Å²) in [6.45, 7) is 4.45. The first kappa shape index (κ1) is 16.8. The van der Waals surface area contributed by atoms with Gasteiger partial charge in [0.25, 0.3) is 0 Å². The zero-order valence-electron chi connectivity index (χ0n) is 14.7. The number of aryl methyl sites for hydroxylation is 2. The molecule has 0 aliphatic carbocycles. The summed E-state index contributed by atoms with van der Waals surface area (Å²) in [4.78, 5) is 25.2. The number of hydrogen-bond acceptors (Lipinski definition) is 6. The van der Waals surface area contributed by atoms with Crippen molar-refractivity contribution >= 4 is 38.9 Å². The van der Waals surface area contributed by atoms with Crippen LogP contribution in [-0.4, -0.2) is 28.3 Å². The molecule has 0 N–H and O–H groups in total. The van der Waals surface area contributed by atoms with Gasteiger partial charge in [-0.3, -0.25) is 9.78 Å². The summed E-state index contributed by atoms with van der Waals surface area (Å²) >= 11 is 1.57. The van der Waals surface area contributed by atoms with E-state index in [4.69, 9.17) is 9.72 Å². The zero-order valence-corrected chi connectivity index (χ0v) is 15.6. The van der Waals surface area contributed by atoms with Gasteiger partial charge in [-0.25, -0.2) is 9.97 Å². The predicted molar refractivity (Wildman–Crippen MR) is 104 cm³/mol. The number of methoxy groups -OCH3 is 1. The Bertz CT molecular complexity index is 1150. The Balaban J connectivity index is 1.94. The van der Waals surface area contributed by atoms with Gasteiger partial charge in [-0.15, -0.1) is 11.3 Å². The van der Waals surface area contributed by atoms with E-state index in [-0.39, 0.29) is 0 Å². The lowest BCUT2D eigenvalue weighted by Crippen LogP contribution is -1.96. The third-order valence-electron chi connectivity index (χ3n) is 4.21. The van der Waals surface area contributed by atoms with E-state index in [9.17, 15) is 4.79 Å². The highest BCUT2D eigenvalue weighted by Gasteiger charge is 2.14. The number of ether oxygens (including phenoxy) is 1. The van der Waals surface area contributed by atoms with E-state index in [1.807, 2.05) is 32.0 Å². The minimum Gasteiger partial charge on any atom is -0.378 e. The van der Waals surface area contributed by atoms with Crippen molar-refractivity contribution in [1.29, 1.82) is 0 Å². The van der Waals surface area contributed by atoms with Crippen molar-refractivity contribution in [2.45, 2.75) is 20.5 Å². The lowest BCUT2D eigenvalue weighted by molar-refractivity contribution is 0.112. The van der Waals surface area contributed by atoms with Gasteiger partial charge in [0.05, 0.1) is 39.7 Å². The van der Waals surface area contributed by atoms with Gasteiger partial charge in [0.1, 0.15) is 11.3 Å². The Labute approximate surface area is 154 Å². The Morgan fingerprint density at radius 1 is 1.12 bits per heavy atom. The maximum absolute atomic E-state index is 11.1. The molecule has 2 aromatic carbocycles. The fraction of sp³-hybridized carbons (Fsp3) is 0.200. The monoisotopic (exact) mass is 363 g/mol. The molecule has 0 radical (unpaired) electrons. The van der Waals surface area contributed by atoms with Gasteiger partial charge < -0.3 is 4.74 Å². The molecule has 26 heavy (non-hydrogen) atoms. The van der Waals surface area contributed by atoms with E-state index < -0.39 is 0 Å². The number of benzene rings is 2. The molecule has 5 nitrogen and oxygen atoms in total. The Morgan fingerprint density at radius 3 is 2.73 bits per heavy atom. The first-order valence-electron chi connectivity index (χ1n) is 8.21. The number of carbonyl (C=O) groups is 1. The Kier molecular flexibility index (Phi) is 4.22. The molecule has 6 heteroatoms. The summed E-state index contributed by atoms with van der Waals surface area (Å²) in [6.07, 6.45) is 2.62. The number of rotatable bonds is 4. The predicted octanol–water partition coefficient (Wildman–Crippen LogP) is 4.48. The quantitative estimate of drug-likeness (QED) is 0.500. The molecule has 0 unspecified atom stereocenters. The Hall–Kier alpha value is -2.70. The second-order valence-corrected chi connectivity index (χ2v) is 7.33. The molecule has 0 spiro atoms. The molecule has 2 aromatic heterocycles. The van der Waals surface area contributed by atoms with Crippen LogP contribution in [0.5, 0.6) is 0 Å². The molecular weight excluding hydrogens is 346 g/mol. The van der Waals surface area contributed by atoms with Crippen molar-refractivity contribution in [2.24, 2.45) is 0 Å². The summed E-state index contributed by atoms with van der Waals surface area (Å²) < 4.78 is 6.16. The largest absolute Gasteiger partial charge is 0.378 e. The van der Waals surface area contributed by atoms with Crippen LogP contribution in [0.25, 0.3) is 31.8 Å². The van der Waals surface area contributed by atoms with E-state index in [2.05, 4.69) is 16.0 Å². The molecule has 0 fully saturated rings. The van der Waals surface area contributed by atoms with Gasteiger partial charge in [0, 0.05) is 18.2 Å². The number of aromatic nitrogens is 3. The van der Waals surface area contributed by atoms with Gasteiger partial charge in [-0.1, -0.05) is 0 Å². The van der Waals surface area contributed by atoms with Gasteiger partial charge >= 0.3 is 0 Å². The van der Waals surface area contributed by atoms with Crippen LogP contribution >= 0.6 is 11.3 Å². The van der Waals surface area contributed by atoms with Crippen molar-refractivity contribution in [3.63, 3.8) is 0 Å². The van der Waals surface area contributed by atoms with Crippen molar-refractivity contribution in [3.8, 4) is 10.6 Å². The summed E-state index contributed by atoms with van der Waals surface area (Å²) in [5.74, 6) is 0. The van der Waals surface area contributed by atoms with Gasteiger partial charge in [-0.05, 0) is 49.2 Å². The fourth-order valence-corrected chi connectivity index (χ4v) is 4.20. The van der Waals surface area contributed by atoms with Crippen molar-refractivity contribution in [1.82, 2.24) is 15.0 Å². The standard InChI is InChI=1S/C20H17N3O2S/c1-11-4-15(19-16(5-11)22-14(8-21-19)10-25-3)20-23-18-12(2)6-13(9-24)7-17(18)26-20/h4-9H,10H2,1-3H3. The fourth-order valence-electron chi connectivity index (χ4n) is 3.09. The minimum absolute atomic E-state index is 0.432. The van der Waals surface area contributed by atoms with Gasteiger partial charge in [0.2, 0.25) is 0 Å². The lowest BCUT2D eigenvalue weighted by Gasteiger charge is -2.06. The number of carbonyl (C=O) groups excluding carboxylic acids is 1. The average molecular weight is 363 g/mol. The Morgan fingerprint density at radius 2 is 1.96 bits per heavy atom. The third kappa shape index (κ3) is 2.87. The van der Waals surface area contributed by atoms with E-state index in [0.717, 1.165) is 54.9 Å². The summed E-state index contributed by atoms with van der Waals surface area (Å²) in [5.41, 5.74) is 7.11. The number of nitrogens with zero attached hydrogens (tertiary/aromatic N) is 3. The second kappa shape index (κ2) is 6.55. The van der Waals surface area contributed by atoms with Crippen LogP contribution in [0.1, 0.15) is 27.2 Å². The minimum atomic E-state index is 0.432. The third-order valence-corrected chi connectivity index (χ3v) is 5.24. The molecule has 130 valence electrons. The molecule has 2 heterocycles. The molecular formula is C20H17N3O2S. The summed E-state index contributed by atoms with van der Waals surface area (Å²) in [6, 6.07) is 7.86. The SMILES string of the molecule is COCc1cnc2c(-c3nc4c(C)cc(C=O)cc4s3)cc(C)cc2n1. The highest BCUT2D eigenvalue weighted by Crippen LogP contribution is 2.35. The van der Waals surface area contributed by atoms with Crippen LogP contribution in [0.4, 0.5) is 0 Å². The molecule has 0 aliphatic heterocycles. The summed E-state index contributed by atoms with van der Waals surface area (Å²) in [7, 11) is 1.64. The molecule has 0 bridgehead atoms. The van der Waals surface area contributed by atoms with E-state index in [0.29, 0.717) is 12.2 Å². The van der Waals surface area contributed by atoms with Crippen LogP contribution in [0.15, 0.2) is 30.5 Å².